The molecule has 2 aliphatic heterocycles. The molecular weight excluding hydrogens is 212 g/mol. The van der Waals surface area contributed by atoms with Gasteiger partial charge in [-0.05, 0) is 35.8 Å². The fourth-order valence-corrected chi connectivity index (χ4v) is 4.86. The zero-order valence-corrected chi connectivity index (χ0v) is 10.9. The Morgan fingerprint density at radius 2 is 2.00 bits per heavy atom. The summed E-state index contributed by atoms with van der Waals surface area (Å²) in [6.45, 7) is 6.60. The maximum absolute atomic E-state index is 6.18. The topological polar surface area (TPSA) is 18.5 Å². The first-order valence-corrected chi connectivity index (χ1v) is 7.16. The van der Waals surface area contributed by atoms with Crippen LogP contribution in [0.5, 0.6) is 0 Å². The van der Waals surface area contributed by atoms with Crippen LogP contribution in [0.2, 0.25) is 0 Å². The molecule has 0 unspecified atom stereocenters. The summed E-state index contributed by atoms with van der Waals surface area (Å²) in [4.78, 5) is 0. The zero-order valence-electron chi connectivity index (χ0n) is 10.9. The Morgan fingerprint density at radius 1 is 1.18 bits per heavy atom. The van der Waals surface area contributed by atoms with Crippen LogP contribution in [0.1, 0.15) is 39.5 Å². The number of rotatable bonds is 0. The summed E-state index contributed by atoms with van der Waals surface area (Å²) in [6, 6.07) is 0. The molecule has 0 aromatic heterocycles. The molecule has 0 amide bonds. The van der Waals surface area contributed by atoms with Gasteiger partial charge in [-0.2, -0.15) is 0 Å². The SMILES string of the molecule is C[C@H]1CCC[C@@H]2C[C@@H]3OCC4=C3[C@H](OC4)[C@@]21C. The first-order valence-electron chi connectivity index (χ1n) is 7.16. The van der Waals surface area contributed by atoms with Crippen LogP contribution in [-0.4, -0.2) is 25.4 Å². The van der Waals surface area contributed by atoms with Crippen LogP contribution in [0.3, 0.4) is 0 Å². The molecule has 0 spiro atoms. The standard InChI is InChI=1S/C15H22O2/c1-9-4-3-5-11-6-12-13-10(7-16-12)8-17-14(13)15(9,11)2/h9,11-12,14H,3-8H2,1-2H3/t9-,11+,12-,14-,15+/m0/s1. The lowest BCUT2D eigenvalue weighted by atomic mass is 9.53. The first-order chi connectivity index (χ1) is 8.21. The largest absolute Gasteiger partial charge is 0.369 e. The minimum absolute atomic E-state index is 0.374. The van der Waals surface area contributed by atoms with Gasteiger partial charge in [0.1, 0.15) is 0 Å². The summed E-state index contributed by atoms with van der Waals surface area (Å²) >= 11 is 0. The van der Waals surface area contributed by atoms with Crippen LogP contribution < -0.4 is 0 Å². The van der Waals surface area contributed by atoms with Crippen LogP contribution in [0, 0.1) is 17.3 Å². The van der Waals surface area contributed by atoms with E-state index >= 15 is 0 Å². The second-order valence-corrected chi connectivity index (χ2v) is 6.68. The molecule has 2 nitrogen and oxygen atoms in total. The van der Waals surface area contributed by atoms with Crippen molar-refractivity contribution in [2.45, 2.75) is 51.7 Å². The third kappa shape index (κ3) is 1.18. The summed E-state index contributed by atoms with van der Waals surface area (Å²) in [5.41, 5.74) is 3.40. The predicted molar refractivity (Wildman–Crippen MR) is 65.7 cm³/mol. The second-order valence-electron chi connectivity index (χ2n) is 6.68. The van der Waals surface area contributed by atoms with Gasteiger partial charge in [-0.3, -0.25) is 0 Å². The molecule has 17 heavy (non-hydrogen) atoms. The molecule has 2 aliphatic carbocycles. The van der Waals surface area contributed by atoms with Crippen LogP contribution in [0.25, 0.3) is 0 Å². The van der Waals surface area contributed by atoms with E-state index in [1.165, 1.54) is 31.3 Å². The van der Waals surface area contributed by atoms with Gasteiger partial charge in [0.05, 0.1) is 25.4 Å². The Balaban J connectivity index is 1.79. The van der Waals surface area contributed by atoms with Crippen molar-refractivity contribution in [3.63, 3.8) is 0 Å². The van der Waals surface area contributed by atoms with E-state index in [1.807, 2.05) is 0 Å². The van der Waals surface area contributed by atoms with E-state index < -0.39 is 0 Å². The highest BCUT2D eigenvalue weighted by molar-refractivity contribution is 5.36. The fourth-order valence-electron chi connectivity index (χ4n) is 4.86. The van der Waals surface area contributed by atoms with Crippen LogP contribution >= 0.6 is 0 Å². The van der Waals surface area contributed by atoms with Gasteiger partial charge in [-0.15, -0.1) is 0 Å². The molecule has 0 radical (unpaired) electrons. The Bertz CT molecular complexity index is 386. The van der Waals surface area contributed by atoms with Gasteiger partial charge in [0.15, 0.2) is 0 Å². The van der Waals surface area contributed by atoms with Gasteiger partial charge in [0, 0.05) is 5.41 Å². The smallest absolute Gasteiger partial charge is 0.0877 e. The summed E-state index contributed by atoms with van der Waals surface area (Å²) in [7, 11) is 0. The third-order valence-corrected chi connectivity index (χ3v) is 6.12. The van der Waals surface area contributed by atoms with E-state index in [2.05, 4.69) is 13.8 Å². The Hall–Kier alpha value is -0.340. The molecule has 2 heterocycles. The van der Waals surface area contributed by atoms with Crippen LogP contribution in [-0.2, 0) is 9.47 Å². The number of hydrogen-bond acceptors (Lipinski definition) is 2. The minimum atomic E-state index is 0.374. The van der Waals surface area contributed by atoms with E-state index in [9.17, 15) is 0 Å². The van der Waals surface area contributed by atoms with Gasteiger partial charge in [-0.25, -0.2) is 0 Å². The van der Waals surface area contributed by atoms with Crippen LogP contribution in [0.15, 0.2) is 11.1 Å². The minimum Gasteiger partial charge on any atom is -0.369 e. The fraction of sp³-hybridized carbons (Fsp3) is 0.867. The molecule has 5 atom stereocenters. The monoisotopic (exact) mass is 234 g/mol. The van der Waals surface area contributed by atoms with E-state index in [1.54, 1.807) is 5.57 Å². The van der Waals surface area contributed by atoms with Gasteiger partial charge in [0.25, 0.3) is 0 Å². The van der Waals surface area contributed by atoms with Gasteiger partial charge < -0.3 is 9.47 Å². The Kier molecular flexibility index (Phi) is 2.09. The van der Waals surface area contributed by atoms with E-state index in [0.29, 0.717) is 17.6 Å². The molecule has 4 aliphatic rings. The predicted octanol–water partition coefficient (Wildman–Crippen LogP) is 2.93. The molecule has 0 saturated heterocycles. The van der Waals surface area contributed by atoms with E-state index in [4.69, 9.17) is 9.47 Å². The van der Waals surface area contributed by atoms with Gasteiger partial charge in [-0.1, -0.05) is 26.7 Å². The zero-order chi connectivity index (χ0) is 11.6. The Labute approximate surface area is 103 Å². The summed E-state index contributed by atoms with van der Waals surface area (Å²) in [5, 5.41) is 0. The molecule has 0 aromatic rings. The van der Waals surface area contributed by atoms with Crippen molar-refractivity contribution in [2.75, 3.05) is 13.2 Å². The lowest BCUT2D eigenvalue weighted by molar-refractivity contribution is -0.119. The average molecular weight is 234 g/mol. The Morgan fingerprint density at radius 3 is 2.88 bits per heavy atom. The normalized spacial score (nSPS) is 52.6. The highest BCUT2D eigenvalue weighted by atomic mass is 16.5. The lowest BCUT2D eigenvalue weighted by Crippen LogP contribution is -2.53. The van der Waals surface area contributed by atoms with Crippen LogP contribution in [0.4, 0.5) is 0 Å². The van der Waals surface area contributed by atoms with Crippen molar-refractivity contribution >= 4 is 0 Å². The third-order valence-electron chi connectivity index (χ3n) is 6.12. The molecule has 2 saturated carbocycles. The van der Waals surface area contributed by atoms with Crippen molar-refractivity contribution < 1.29 is 9.47 Å². The van der Waals surface area contributed by atoms with Gasteiger partial charge in [0.2, 0.25) is 0 Å². The maximum atomic E-state index is 6.18. The number of ether oxygens (including phenoxy) is 2. The van der Waals surface area contributed by atoms with Crippen molar-refractivity contribution in [1.82, 2.24) is 0 Å². The molecule has 2 heteroatoms. The quantitative estimate of drug-likeness (QED) is 0.600. The number of fused-ring (bicyclic) bond motifs is 2. The first kappa shape index (κ1) is 10.6. The molecular formula is C15H22O2. The highest BCUT2D eigenvalue weighted by Crippen LogP contribution is 2.59. The maximum Gasteiger partial charge on any atom is 0.0877 e. The van der Waals surface area contributed by atoms with Crippen molar-refractivity contribution in [2.24, 2.45) is 17.3 Å². The summed E-state index contributed by atoms with van der Waals surface area (Å²) in [5.74, 6) is 1.60. The van der Waals surface area contributed by atoms with E-state index in [0.717, 1.165) is 25.0 Å². The lowest BCUT2D eigenvalue weighted by Gasteiger charge is -2.54. The second kappa shape index (κ2) is 3.36. The molecule has 0 aromatic carbocycles. The molecule has 94 valence electrons. The van der Waals surface area contributed by atoms with Crippen molar-refractivity contribution in [3.05, 3.63) is 11.1 Å². The van der Waals surface area contributed by atoms with Crippen molar-refractivity contribution in [3.8, 4) is 0 Å². The number of hydrogen-bond donors (Lipinski definition) is 0. The summed E-state index contributed by atoms with van der Waals surface area (Å²) < 4.78 is 12.1. The summed E-state index contributed by atoms with van der Waals surface area (Å²) in [6.07, 6.45) is 6.18. The average Bonchev–Trinajstić information content (AvgIpc) is 2.88. The molecule has 4 rings (SSSR count). The molecule has 0 bridgehead atoms. The molecule has 2 fully saturated rings. The van der Waals surface area contributed by atoms with E-state index in [-0.39, 0.29) is 0 Å². The van der Waals surface area contributed by atoms with Crippen molar-refractivity contribution in [1.29, 1.82) is 0 Å². The van der Waals surface area contributed by atoms with Gasteiger partial charge >= 0.3 is 0 Å². The highest BCUT2D eigenvalue weighted by Gasteiger charge is 2.57. The molecule has 0 N–H and O–H groups in total.